The van der Waals surface area contributed by atoms with Crippen molar-refractivity contribution in [2.75, 3.05) is 6.54 Å². The lowest BCUT2D eigenvalue weighted by atomic mass is 10.0. The van der Waals surface area contributed by atoms with Crippen LogP contribution in [0.25, 0.3) is 0 Å². The van der Waals surface area contributed by atoms with Crippen LogP contribution in [0.3, 0.4) is 0 Å². The molecule has 0 rings (SSSR count). The highest BCUT2D eigenvalue weighted by Gasteiger charge is 2.01. The third-order valence-corrected chi connectivity index (χ3v) is 1.65. The lowest BCUT2D eigenvalue weighted by Gasteiger charge is -2.10. The van der Waals surface area contributed by atoms with Gasteiger partial charge in [-0.1, -0.05) is 13.8 Å². The summed E-state index contributed by atoms with van der Waals surface area (Å²) in [5.41, 5.74) is 11.1. The lowest BCUT2D eigenvalue weighted by molar-refractivity contribution is 0.482. The topological polar surface area (TPSA) is 52.0 Å². The number of hydrogen-bond donors (Lipinski definition) is 2. The maximum Gasteiger partial charge on any atom is 0.00509 e. The summed E-state index contributed by atoms with van der Waals surface area (Å²) in [6.45, 7) is 5.16. The van der Waals surface area contributed by atoms with Crippen molar-refractivity contribution in [3.63, 3.8) is 0 Å². The maximum atomic E-state index is 5.75. The van der Waals surface area contributed by atoms with Crippen LogP contribution in [0.1, 0.15) is 33.1 Å². The highest BCUT2D eigenvalue weighted by Crippen LogP contribution is 2.06. The van der Waals surface area contributed by atoms with Gasteiger partial charge in [-0.3, -0.25) is 0 Å². The van der Waals surface area contributed by atoms with Gasteiger partial charge in [-0.2, -0.15) is 0 Å². The van der Waals surface area contributed by atoms with Crippen LogP contribution in [0.5, 0.6) is 0 Å². The molecule has 1 atom stereocenters. The van der Waals surface area contributed by atoms with Gasteiger partial charge in [0.2, 0.25) is 0 Å². The van der Waals surface area contributed by atoms with Crippen molar-refractivity contribution in [3.8, 4) is 0 Å². The van der Waals surface area contributed by atoms with E-state index in [4.69, 9.17) is 11.5 Å². The Labute approximate surface area is 64.0 Å². The Balaban J connectivity index is 3.12. The Kier molecular flexibility index (Phi) is 5.64. The fourth-order valence-corrected chi connectivity index (χ4v) is 0.906. The molecule has 0 spiro atoms. The highest BCUT2D eigenvalue weighted by atomic mass is 14.6. The average Bonchev–Trinajstić information content (AvgIpc) is 1.85. The van der Waals surface area contributed by atoms with Crippen molar-refractivity contribution in [2.45, 2.75) is 39.2 Å². The first-order chi connectivity index (χ1) is 4.66. The number of nitrogens with two attached hydrogens (primary N) is 2. The second kappa shape index (κ2) is 5.69. The van der Waals surface area contributed by atoms with Crippen molar-refractivity contribution < 1.29 is 0 Å². The van der Waals surface area contributed by atoms with Crippen molar-refractivity contribution in [1.29, 1.82) is 0 Å². The largest absolute Gasteiger partial charge is 0.330 e. The predicted molar refractivity (Wildman–Crippen MR) is 45.7 cm³/mol. The first kappa shape index (κ1) is 9.92. The van der Waals surface area contributed by atoms with Gasteiger partial charge in [-0.15, -0.1) is 0 Å². The van der Waals surface area contributed by atoms with Gasteiger partial charge in [0.15, 0.2) is 0 Å². The Morgan fingerprint density at radius 1 is 1.10 bits per heavy atom. The maximum absolute atomic E-state index is 5.75. The summed E-state index contributed by atoms with van der Waals surface area (Å²) in [4.78, 5) is 0. The molecule has 0 saturated carbocycles. The molecule has 0 amide bonds. The summed E-state index contributed by atoms with van der Waals surface area (Å²) >= 11 is 0. The van der Waals surface area contributed by atoms with Crippen LogP contribution in [-0.4, -0.2) is 12.6 Å². The molecule has 0 saturated heterocycles. The Morgan fingerprint density at radius 2 is 1.70 bits per heavy atom. The monoisotopic (exact) mass is 144 g/mol. The molecule has 4 N–H and O–H groups in total. The van der Waals surface area contributed by atoms with E-state index in [1.165, 1.54) is 6.42 Å². The van der Waals surface area contributed by atoms with E-state index in [1.54, 1.807) is 0 Å². The van der Waals surface area contributed by atoms with Gasteiger partial charge < -0.3 is 11.5 Å². The van der Waals surface area contributed by atoms with Crippen molar-refractivity contribution in [2.24, 2.45) is 17.4 Å². The van der Waals surface area contributed by atoms with Gasteiger partial charge in [0.25, 0.3) is 0 Å². The van der Waals surface area contributed by atoms with Crippen molar-refractivity contribution in [1.82, 2.24) is 0 Å². The van der Waals surface area contributed by atoms with Crippen LogP contribution in [-0.2, 0) is 0 Å². The highest BCUT2D eigenvalue weighted by molar-refractivity contribution is 4.62. The van der Waals surface area contributed by atoms with E-state index in [0.717, 1.165) is 25.3 Å². The fraction of sp³-hybridized carbons (Fsp3) is 1.00. The molecule has 0 heterocycles. The Bertz CT molecular complexity index is 71.7. The second-order valence-electron chi connectivity index (χ2n) is 3.31. The minimum absolute atomic E-state index is 0.326. The molecule has 62 valence electrons. The minimum atomic E-state index is 0.326. The molecule has 10 heavy (non-hydrogen) atoms. The SMILES string of the molecule is CC(C)CC[C@@H](N)CCN. The normalized spacial score (nSPS) is 14.1. The molecule has 0 aromatic rings. The van der Waals surface area contributed by atoms with E-state index in [2.05, 4.69) is 13.8 Å². The van der Waals surface area contributed by atoms with Crippen molar-refractivity contribution in [3.05, 3.63) is 0 Å². The molecular weight excluding hydrogens is 124 g/mol. The van der Waals surface area contributed by atoms with Crippen LogP contribution in [0.15, 0.2) is 0 Å². The zero-order valence-corrected chi connectivity index (χ0v) is 7.14. The minimum Gasteiger partial charge on any atom is -0.330 e. The Hall–Kier alpha value is -0.0800. The van der Waals surface area contributed by atoms with Crippen LogP contribution in [0.2, 0.25) is 0 Å². The van der Waals surface area contributed by atoms with E-state index in [-0.39, 0.29) is 0 Å². The zero-order valence-electron chi connectivity index (χ0n) is 7.14. The average molecular weight is 144 g/mol. The van der Waals surface area contributed by atoms with E-state index < -0.39 is 0 Å². The fourth-order valence-electron chi connectivity index (χ4n) is 0.906. The standard InChI is InChI=1S/C8H20N2/c1-7(2)3-4-8(10)5-6-9/h7-8H,3-6,9-10H2,1-2H3/t8-/m1/s1. The summed E-state index contributed by atoms with van der Waals surface area (Å²) in [6.07, 6.45) is 3.31. The summed E-state index contributed by atoms with van der Waals surface area (Å²) in [5, 5.41) is 0. The van der Waals surface area contributed by atoms with Gasteiger partial charge in [0, 0.05) is 6.04 Å². The van der Waals surface area contributed by atoms with Crippen LogP contribution in [0, 0.1) is 5.92 Å². The molecule has 0 aliphatic carbocycles. The first-order valence-electron chi connectivity index (χ1n) is 4.12. The predicted octanol–water partition coefficient (Wildman–Crippen LogP) is 1.10. The summed E-state index contributed by atoms with van der Waals surface area (Å²) < 4.78 is 0. The molecule has 0 radical (unpaired) electrons. The molecule has 0 unspecified atom stereocenters. The van der Waals surface area contributed by atoms with Crippen LogP contribution >= 0.6 is 0 Å². The van der Waals surface area contributed by atoms with Crippen LogP contribution in [0.4, 0.5) is 0 Å². The molecule has 0 aromatic heterocycles. The van der Waals surface area contributed by atoms with Gasteiger partial charge in [-0.25, -0.2) is 0 Å². The molecule has 0 aromatic carbocycles. The molecule has 0 aliphatic heterocycles. The van der Waals surface area contributed by atoms with E-state index in [1.807, 2.05) is 0 Å². The number of hydrogen-bond acceptors (Lipinski definition) is 2. The molecule has 2 heteroatoms. The molecule has 2 nitrogen and oxygen atoms in total. The zero-order chi connectivity index (χ0) is 7.98. The molecule has 0 aliphatic rings. The van der Waals surface area contributed by atoms with Crippen LogP contribution < -0.4 is 11.5 Å². The summed E-state index contributed by atoms with van der Waals surface area (Å²) in [5.74, 6) is 0.767. The molecule has 0 bridgehead atoms. The van der Waals surface area contributed by atoms with Crippen molar-refractivity contribution >= 4 is 0 Å². The smallest absolute Gasteiger partial charge is 0.00509 e. The van der Waals surface area contributed by atoms with Gasteiger partial charge >= 0.3 is 0 Å². The van der Waals surface area contributed by atoms with Gasteiger partial charge in [0.05, 0.1) is 0 Å². The van der Waals surface area contributed by atoms with E-state index in [9.17, 15) is 0 Å². The third-order valence-electron chi connectivity index (χ3n) is 1.65. The summed E-state index contributed by atoms with van der Waals surface area (Å²) in [6, 6.07) is 0.326. The second-order valence-corrected chi connectivity index (χ2v) is 3.31. The van der Waals surface area contributed by atoms with Gasteiger partial charge in [-0.05, 0) is 31.7 Å². The quantitative estimate of drug-likeness (QED) is 0.607. The van der Waals surface area contributed by atoms with E-state index >= 15 is 0 Å². The summed E-state index contributed by atoms with van der Waals surface area (Å²) in [7, 11) is 0. The Morgan fingerprint density at radius 3 is 2.10 bits per heavy atom. The third kappa shape index (κ3) is 6.05. The van der Waals surface area contributed by atoms with E-state index in [0.29, 0.717) is 6.04 Å². The molecule has 0 fully saturated rings. The lowest BCUT2D eigenvalue weighted by Crippen LogP contribution is -2.23. The van der Waals surface area contributed by atoms with Gasteiger partial charge in [0.1, 0.15) is 0 Å². The first-order valence-corrected chi connectivity index (χ1v) is 4.12. The number of rotatable bonds is 5. The molecular formula is C8H20N2.